The summed E-state index contributed by atoms with van der Waals surface area (Å²) in [7, 11) is 1.15. The summed E-state index contributed by atoms with van der Waals surface area (Å²) in [5.41, 5.74) is -1.34. The number of urea groups is 1. The first-order valence-electron chi connectivity index (χ1n) is 14.3. The van der Waals surface area contributed by atoms with Crippen molar-refractivity contribution in [3.63, 3.8) is 0 Å². The molecule has 2 aromatic heterocycles. The minimum Gasteiger partial charge on any atom is -0.487 e. The Bertz CT molecular complexity index is 2030. The molecule has 17 nitrogen and oxygen atoms in total. The molecule has 2 N–H and O–H groups in total. The number of hydrogen-bond donors (Lipinski definition) is 2. The van der Waals surface area contributed by atoms with Gasteiger partial charge in [0.1, 0.15) is 11.5 Å². The number of rotatable bonds is 11. The minimum atomic E-state index is -4.52. The van der Waals surface area contributed by atoms with Crippen LogP contribution in [0.3, 0.4) is 0 Å². The number of aromatic nitrogens is 3. The number of hydrogen-bond acceptors (Lipinski definition) is 13. The number of nitrogens with zero attached hydrogens (tertiary/aromatic N) is 5. The van der Waals surface area contributed by atoms with Crippen molar-refractivity contribution in [1.82, 2.24) is 24.6 Å². The Balaban J connectivity index is 0.000000284. The van der Waals surface area contributed by atoms with Crippen LogP contribution in [0.15, 0.2) is 65.8 Å². The van der Waals surface area contributed by atoms with Gasteiger partial charge in [-0.2, -0.15) is 31.6 Å². The Kier molecular flexibility index (Phi) is 13.5. The molecule has 0 bridgehead atoms. The number of nitro groups is 1. The van der Waals surface area contributed by atoms with E-state index >= 15 is 0 Å². The second-order valence-electron chi connectivity index (χ2n) is 9.96. The number of sulfonamides is 1. The highest BCUT2D eigenvalue weighted by atomic mass is 35.5. The van der Waals surface area contributed by atoms with Crippen LogP contribution >= 0.6 is 11.6 Å². The lowest BCUT2D eigenvalue weighted by Gasteiger charge is -2.14. The Morgan fingerprint density at radius 3 is 2.19 bits per heavy atom. The first kappa shape index (κ1) is 40.5. The summed E-state index contributed by atoms with van der Waals surface area (Å²) in [6.45, 7) is 1.86. The molecule has 0 fully saturated rings. The van der Waals surface area contributed by atoms with E-state index in [-0.39, 0.29) is 57.8 Å². The standard InChI is InChI=1S/C15H11ClF3NO4.C15H18N6O6S/c1-2-23-14-8-10(4-5-12(14)20(21)22)24-13-6-3-9(7-11(13)16)15(17,18)19;1-21(2)13(22)9-6-5-7-16-12(9)28(24,25)20-15(23)19-14-17-10(26-3)8-11(18-14)27-4/h3-8H,2H2,1H3;5-8H,1-4H3,(H2,17,18,19,20,23). The van der Waals surface area contributed by atoms with Gasteiger partial charge < -0.3 is 23.8 Å². The van der Waals surface area contributed by atoms with E-state index in [1.54, 1.807) is 11.6 Å². The summed E-state index contributed by atoms with van der Waals surface area (Å²) in [6.07, 6.45) is -3.33. The van der Waals surface area contributed by atoms with Gasteiger partial charge in [-0.05, 0) is 43.3 Å². The summed E-state index contributed by atoms with van der Waals surface area (Å²) in [5.74, 6) is -0.541. The molecular weight excluding hydrogens is 743 g/mol. The third kappa shape index (κ3) is 10.8. The predicted octanol–water partition coefficient (Wildman–Crippen LogP) is 5.56. The lowest BCUT2D eigenvalue weighted by Crippen LogP contribution is -2.36. The van der Waals surface area contributed by atoms with Crippen LogP contribution in [0.2, 0.25) is 5.02 Å². The molecule has 0 atom stereocenters. The molecule has 22 heteroatoms. The van der Waals surface area contributed by atoms with Crippen LogP contribution < -0.4 is 29.0 Å². The van der Waals surface area contributed by atoms with E-state index in [1.165, 1.54) is 75.8 Å². The summed E-state index contributed by atoms with van der Waals surface area (Å²) in [5, 5.41) is 12.2. The summed E-state index contributed by atoms with van der Waals surface area (Å²) < 4.78 is 85.1. The van der Waals surface area contributed by atoms with Crippen molar-refractivity contribution in [2.24, 2.45) is 0 Å². The van der Waals surface area contributed by atoms with Gasteiger partial charge in [0.05, 0.1) is 48.0 Å². The zero-order valence-corrected chi connectivity index (χ0v) is 29.3. The largest absolute Gasteiger partial charge is 0.487 e. The fourth-order valence-corrected chi connectivity index (χ4v) is 5.10. The van der Waals surface area contributed by atoms with Gasteiger partial charge in [-0.3, -0.25) is 20.2 Å². The summed E-state index contributed by atoms with van der Waals surface area (Å²) in [4.78, 5) is 47.2. The number of anilines is 1. The molecule has 0 saturated heterocycles. The number of carbonyl (C=O) groups is 2. The summed E-state index contributed by atoms with van der Waals surface area (Å²) >= 11 is 5.80. The SMILES string of the molecule is CCOc1cc(Oc2ccc(C(F)(F)F)cc2Cl)ccc1[N+](=O)[O-].COc1cc(OC)nc(NC(=O)NS(=O)(=O)c2ncccc2C(=O)N(C)C)n1. The number of ether oxygens (including phenoxy) is 4. The molecule has 0 spiro atoms. The molecule has 2 aromatic carbocycles. The van der Waals surface area contributed by atoms with Gasteiger partial charge in [0.25, 0.3) is 15.9 Å². The number of nitro benzene ring substituents is 1. The van der Waals surface area contributed by atoms with Crippen LogP contribution in [0, 0.1) is 10.1 Å². The van der Waals surface area contributed by atoms with Crippen LogP contribution in [0.4, 0.5) is 29.6 Å². The van der Waals surface area contributed by atoms with E-state index in [0.717, 1.165) is 18.2 Å². The van der Waals surface area contributed by atoms with Gasteiger partial charge in [-0.1, -0.05) is 11.6 Å². The first-order valence-corrected chi connectivity index (χ1v) is 16.2. The number of alkyl halides is 3. The van der Waals surface area contributed by atoms with Crippen LogP contribution in [0.25, 0.3) is 0 Å². The van der Waals surface area contributed by atoms with E-state index in [1.807, 2.05) is 0 Å². The van der Waals surface area contributed by atoms with E-state index in [4.69, 9.17) is 30.5 Å². The van der Waals surface area contributed by atoms with Crippen molar-refractivity contribution >= 4 is 45.2 Å². The highest BCUT2D eigenvalue weighted by Crippen LogP contribution is 2.38. The Labute approximate surface area is 298 Å². The van der Waals surface area contributed by atoms with Crippen LogP contribution in [-0.4, -0.2) is 80.1 Å². The first-order chi connectivity index (χ1) is 24.4. The van der Waals surface area contributed by atoms with Crippen LogP contribution in [0.1, 0.15) is 22.8 Å². The second kappa shape index (κ2) is 17.3. The fraction of sp³-hybridized carbons (Fsp3) is 0.233. The number of carbonyl (C=O) groups excluding carboxylic acids is 2. The fourth-order valence-electron chi connectivity index (χ4n) is 3.84. The number of amides is 3. The van der Waals surface area contributed by atoms with Gasteiger partial charge >= 0.3 is 17.9 Å². The van der Waals surface area contributed by atoms with E-state index in [9.17, 15) is 41.3 Å². The number of pyridine rings is 1. The Hall–Kier alpha value is -5.96. The van der Waals surface area contributed by atoms with Crippen molar-refractivity contribution < 1.29 is 55.0 Å². The molecule has 0 aliphatic rings. The molecule has 0 saturated carbocycles. The van der Waals surface area contributed by atoms with E-state index in [2.05, 4.69) is 20.3 Å². The number of nitrogens with one attached hydrogen (secondary N) is 2. The molecule has 2 heterocycles. The molecule has 52 heavy (non-hydrogen) atoms. The van der Waals surface area contributed by atoms with E-state index < -0.39 is 43.7 Å². The maximum absolute atomic E-state index is 12.6. The van der Waals surface area contributed by atoms with Gasteiger partial charge in [0.2, 0.25) is 23.5 Å². The zero-order valence-electron chi connectivity index (χ0n) is 27.7. The van der Waals surface area contributed by atoms with Gasteiger partial charge in [-0.15, -0.1) is 0 Å². The summed E-state index contributed by atoms with van der Waals surface area (Å²) in [6, 6.07) is 9.30. The second-order valence-corrected chi connectivity index (χ2v) is 12.0. The maximum atomic E-state index is 12.6. The minimum absolute atomic E-state index is 0.0111. The lowest BCUT2D eigenvalue weighted by atomic mass is 10.2. The van der Waals surface area contributed by atoms with Crippen LogP contribution in [-0.2, 0) is 16.2 Å². The quantitative estimate of drug-likeness (QED) is 0.141. The average molecular weight is 772 g/mol. The Morgan fingerprint density at radius 1 is 1.00 bits per heavy atom. The van der Waals surface area contributed by atoms with Crippen molar-refractivity contribution in [2.75, 3.05) is 40.2 Å². The highest BCUT2D eigenvalue weighted by molar-refractivity contribution is 7.90. The predicted molar refractivity (Wildman–Crippen MR) is 178 cm³/mol. The molecule has 0 aliphatic carbocycles. The monoisotopic (exact) mass is 771 g/mol. The number of benzene rings is 2. The average Bonchev–Trinajstić information content (AvgIpc) is 3.08. The van der Waals surface area contributed by atoms with Crippen molar-refractivity contribution in [3.05, 3.63) is 87.1 Å². The topological polar surface area (TPSA) is 214 Å². The highest BCUT2D eigenvalue weighted by Gasteiger charge is 2.31. The van der Waals surface area contributed by atoms with Crippen molar-refractivity contribution in [3.8, 4) is 29.0 Å². The maximum Gasteiger partial charge on any atom is 0.416 e. The Morgan fingerprint density at radius 2 is 1.65 bits per heavy atom. The zero-order chi connectivity index (χ0) is 38.8. The van der Waals surface area contributed by atoms with E-state index in [0.29, 0.717) is 0 Å². The smallest absolute Gasteiger partial charge is 0.416 e. The third-order valence-electron chi connectivity index (χ3n) is 6.13. The molecule has 0 unspecified atom stereocenters. The number of methoxy groups -OCH3 is 2. The van der Waals surface area contributed by atoms with Gasteiger partial charge in [0, 0.05) is 32.4 Å². The van der Waals surface area contributed by atoms with Gasteiger partial charge in [-0.25, -0.2) is 14.5 Å². The molecule has 278 valence electrons. The molecule has 4 rings (SSSR count). The molecule has 3 amide bonds. The molecule has 0 aliphatic heterocycles. The van der Waals surface area contributed by atoms with Crippen LogP contribution in [0.5, 0.6) is 29.0 Å². The number of halogens is 4. The molecule has 0 radical (unpaired) electrons. The van der Waals surface area contributed by atoms with Gasteiger partial charge in [0.15, 0.2) is 5.03 Å². The van der Waals surface area contributed by atoms with Crippen molar-refractivity contribution in [2.45, 2.75) is 18.1 Å². The molecular formula is C30H29ClF3N7O10S. The lowest BCUT2D eigenvalue weighted by molar-refractivity contribution is -0.385. The van der Waals surface area contributed by atoms with Crippen molar-refractivity contribution in [1.29, 1.82) is 0 Å². The molecule has 4 aromatic rings. The normalized spacial score (nSPS) is 10.9. The third-order valence-corrected chi connectivity index (χ3v) is 7.71.